The third-order valence-electron chi connectivity index (χ3n) is 5.92. The molecule has 1 aromatic carbocycles. The number of hydrogen-bond acceptors (Lipinski definition) is 3. The van der Waals surface area contributed by atoms with Gasteiger partial charge in [0, 0.05) is 26.2 Å². The minimum absolute atomic E-state index is 0.179. The number of hydrogen-bond donors (Lipinski definition) is 2. The molecule has 1 aromatic rings. The van der Waals surface area contributed by atoms with Crippen molar-refractivity contribution in [3.8, 4) is 0 Å². The number of halogens is 1. The Balaban J connectivity index is 1.60. The van der Waals surface area contributed by atoms with Crippen molar-refractivity contribution >= 4 is 11.6 Å². The molecular weight excluding hydrogens is 343 g/mol. The molecule has 150 valence electrons. The van der Waals surface area contributed by atoms with Gasteiger partial charge in [-0.05, 0) is 49.3 Å². The summed E-state index contributed by atoms with van der Waals surface area (Å²) < 4.78 is 19.9. The molecule has 1 heterocycles. The first-order chi connectivity index (χ1) is 13.2. The predicted octanol–water partition coefficient (Wildman–Crippen LogP) is 3.30. The maximum absolute atomic E-state index is 14.5. The van der Waals surface area contributed by atoms with E-state index in [9.17, 15) is 4.39 Å². The zero-order valence-corrected chi connectivity index (χ0v) is 16.7. The molecule has 0 amide bonds. The highest BCUT2D eigenvalue weighted by Crippen LogP contribution is 2.43. The molecule has 3 rings (SSSR count). The molecule has 1 saturated carbocycles. The molecule has 2 N–H and O–H groups in total. The fourth-order valence-electron chi connectivity index (χ4n) is 3.82. The van der Waals surface area contributed by atoms with E-state index in [1.807, 2.05) is 17.0 Å². The molecule has 2 aliphatic rings. The Morgan fingerprint density at radius 2 is 2.00 bits per heavy atom. The van der Waals surface area contributed by atoms with Crippen LogP contribution in [0.4, 0.5) is 10.1 Å². The molecule has 27 heavy (non-hydrogen) atoms. The van der Waals surface area contributed by atoms with Crippen molar-refractivity contribution in [3.63, 3.8) is 0 Å². The summed E-state index contributed by atoms with van der Waals surface area (Å²) in [5.74, 6) is 0.636. The van der Waals surface area contributed by atoms with Crippen molar-refractivity contribution in [1.82, 2.24) is 10.6 Å². The van der Waals surface area contributed by atoms with Crippen LogP contribution in [0.15, 0.2) is 23.2 Å². The fourth-order valence-corrected chi connectivity index (χ4v) is 3.82. The predicted molar refractivity (Wildman–Crippen MR) is 109 cm³/mol. The number of ether oxygens (including phenoxy) is 1. The molecule has 1 saturated heterocycles. The van der Waals surface area contributed by atoms with Crippen LogP contribution < -0.4 is 15.5 Å². The lowest BCUT2D eigenvalue weighted by Crippen LogP contribution is -2.46. The molecule has 0 atom stereocenters. The molecule has 2 fully saturated rings. The maximum atomic E-state index is 14.5. The van der Waals surface area contributed by atoms with Crippen molar-refractivity contribution in [3.05, 3.63) is 29.6 Å². The van der Waals surface area contributed by atoms with E-state index in [0.29, 0.717) is 30.9 Å². The van der Waals surface area contributed by atoms with Crippen molar-refractivity contribution in [1.29, 1.82) is 0 Å². The third-order valence-corrected chi connectivity index (χ3v) is 5.92. The first-order valence-corrected chi connectivity index (χ1v) is 10.3. The lowest BCUT2D eigenvalue weighted by Gasteiger charge is -2.41. The number of benzene rings is 1. The lowest BCUT2D eigenvalue weighted by molar-refractivity contribution is 0.122. The van der Waals surface area contributed by atoms with Crippen LogP contribution in [0.2, 0.25) is 0 Å². The van der Waals surface area contributed by atoms with Crippen LogP contribution in [0.1, 0.15) is 45.1 Å². The topological polar surface area (TPSA) is 48.9 Å². The highest BCUT2D eigenvalue weighted by molar-refractivity contribution is 5.79. The molecule has 1 aliphatic carbocycles. The summed E-state index contributed by atoms with van der Waals surface area (Å²) in [7, 11) is 0. The standard InChI is InChI=1S/C21H33FN4O/c1-3-21(8-5-9-21)16-25-20(23-4-2)24-15-17-6-7-19(18(22)14-17)26-10-12-27-13-11-26/h6-7,14H,3-5,8-13,15-16H2,1-2H3,(H2,23,24,25). The summed E-state index contributed by atoms with van der Waals surface area (Å²) in [6, 6.07) is 5.45. The van der Waals surface area contributed by atoms with E-state index in [2.05, 4.69) is 29.5 Å². The van der Waals surface area contributed by atoms with Gasteiger partial charge in [-0.3, -0.25) is 0 Å². The summed E-state index contributed by atoms with van der Waals surface area (Å²) in [6.45, 7) is 9.36. The number of rotatable bonds is 7. The smallest absolute Gasteiger partial charge is 0.191 e. The van der Waals surface area contributed by atoms with E-state index in [1.165, 1.54) is 25.7 Å². The van der Waals surface area contributed by atoms with Crippen LogP contribution in [0, 0.1) is 11.2 Å². The van der Waals surface area contributed by atoms with Crippen LogP contribution in [-0.4, -0.2) is 45.4 Å². The van der Waals surface area contributed by atoms with Gasteiger partial charge >= 0.3 is 0 Å². The largest absolute Gasteiger partial charge is 0.378 e. The third kappa shape index (κ3) is 5.12. The number of guanidine groups is 1. The Hall–Kier alpha value is -1.82. The van der Waals surface area contributed by atoms with Crippen LogP contribution >= 0.6 is 0 Å². The molecule has 0 bridgehead atoms. The fraction of sp³-hybridized carbons (Fsp3) is 0.667. The Labute approximate surface area is 162 Å². The Morgan fingerprint density at radius 1 is 1.22 bits per heavy atom. The van der Waals surface area contributed by atoms with Gasteiger partial charge in [0.05, 0.1) is 25.4 Å². The summed E-state index contributed by atoms with van der Waals surface area (Å²) in [6.07, 6.45) is 5.12. The van der Waals surface area contributed by atoms with E-state index in [4.69, 9.17) is 4.74 Å². The molecule has 1 aliphatic heterocycles. The average Bonchev–Trinajstić information content (AvgIpc) is 2.66. The summed E-state index contributed by atoms with van der Waals surface area (Å²) >= 11 is 0. The molecule has 6 heteroatoms. The van der Waals surface area contributed by atoms with Crippen molar-refractivity contribution in [2.24, 2.45) is 10.4 Å². The zero-order valence-electron chi connectivity index (χ0n) is 16.7. The van der Waals surface area contributed by atoms with Crippen LogP contribution in [0.25, 0.3) is 0 Å². The average molecular weight is 377 g/mol. The van der Waals surface area contributed by atoms with Gasteiger partial charge in [0.25, 0.3) is 0 Å². The minimum atomic E-state index is -0.179. The second-order valence-electron chi connectivity index (χ2n) is 7.64. The quantitative estimate of drug-likeness (QED) is 0.566. The van der Waals surface area contributed by atoms with E-state index in [-0.39, 0.29) is 5.82 Å². The lowest BCUT2D eigenvalue weighted by atomic mass is 9.67. The van der Waals surface area contributed by atoms with Gasteiger partial charge in [-0.25, -0.2) is 9.38 Å². The second-order valence-corrected chi connectivity index (χ2v) is 7.64. The van der Waals surface area contributed by atoms with E-state index in [1.54, 1.807) is 6.07 Å². The van der Waals surface area contributed by atoms with Gasteiger partial charge in [-0.15, -0.1) is 0 Å². The molecule has 0 spiro atoms. The van der Waals surface area contributed by atoms with Crippen LogP contribution in [-0.2, 0) is 11.3 Å². The van der Waals surface area contributed by atoms with Crippen LogP contribution in [0.3, 0.4) is 0 Å². The number of nitrogens with zero attached hydrogens (tertiary/aromatic N) is 2. The van der Waals surface area contributed by atoms with Crippen molar-refractivity contribution in [2.75, 3.05) is 44.3 Å². The second kappa shape index (κ2) is 9.40. The van der Waals surface area contributed by atoms with Crippen molar-refractivity contribution < 1.29 is 9.13 Å². The van der Waals surface area contributed by atoms with Gasteiger partial charge in [0.15, 0.2) is 5.96 Å². The molecule has 0 aromatic heterocycles. The Kier molecular flexibility index (Phi) is 6.94. The van der Waals surface area contributed by atoms with Crippen molar-refractivity contribution in [2.45, 2.75) is 46.1 Å². The normalized spacial score (nSPS) is 19.5. The number of aliphatic imine (C=N–C) groups is 1. The van der Waals surface area contributed by atoms with Gasteiger partial charge < -0.3 is 20.3 Å². The first-order valence-electron chi connectivity index (χ1n) is 10.3. The zero-order chi connectivity index (χ0) is 19.1. The SMILES string of the molecule is CCNC(=NCc1ccc(N2CCOCC2)c(F)c1)NCC1(CC)CCC1. The number of morpholine rings is 1. The van der Waals surface area contributed by atoms with Gasteiger partial charge in [-0.1, -0.05) is 19.4 Å². The molecule has 5 nitrogen and oxygen atoms in total. The molecule has 0 radical (unpaired) electrons. The Morgan fingerprint density at radius 3 is 2.59 bits per heavy atom. The highest BCUT2D eigenvalue weighted by atomic mass is 19.1. The van der Waals surface area contributed by atoms with E-state index in [0.717, 1.165) is 37.7 Å². The number of nitrogens with one attached hydrogen (secondary N) is 2. The van der Waals surface area contributed by atoms with E-state index >= 15 is 0 Å². The summed E-state index contributed by atoms with van der Waals surface area (Å²) in [4.78, 5) is 6.70. The summed E-state index contributed by atoms with van der Waals surface area (Å²) in [5.41, 5.74) is 1.98. The molecular formula is C21H33FN4O. The van der Waals surface area contributed by atoms with Crippen LogP contribution in [0.5, 0.6) is 0 Å². The highest BCUT2D eigenvalue weighted by Gasteiger charge is 2.34. The Bertz CT molecular complexity index is 634. The molecule has 0 unspecified atom stereocenters. The maximum Gasteiger partial charge on any atom is 0.191 e. The van der Waals surface area contributed by atoms with Gasteiger partial charge in [0.2, 0.25) is 0 Å². The van der Waals surface area contributed by atoms with E-state index < -0.39 is 0 Å². The van der Waals surface area contributed by atoms with Gasteiger partial charge in [-0.2, -0.15) is 0 Å². The number of anilines is 1. The summed E-state index contributed by atoms with van der Waals surface area (Å²) in [5, 5.41) is 6.78. The monoisotopic (exact) mass is 376 g/mol. The first kappa shape index (κ1) is 19.9. The minimum Gasteiger partial charge on any atom is -0.378 e. The van der Waals surface area contributed by atoms with Gasteiger partial charge in [0.1, 0.15) is 5.82 Å².